The zero-order valence-corrected chi connectivity index (χ0v) is 19.5. The van der Waals surface area contributed by atoms with Crippen LogP contribution in [0.15, 0.2) is 0 Å². The van der Waals surface area contributed by atoms with Gasteiger partial charge in [0.25, 0.3) is 0 Å². The van der Waals surface area contributed by atoms with Gasteiger partial charge in [0.15, 0.2) is 0 Å². The molecule has 0 aromatic rings. The third-order valence-corrected chi connectivity index (χ3v) is 10.5. The fourth-order valence-corrected chi connectivity index (χ4v) is 9.08. The largest absolute Gasteiger partial charge is 0.550 e. The molecule has 0 heterocycles. The summed E-state index contributed by atoms with van der Waals surface area (Å²) in [5, 5.41) is 11.0. The predicted octanol–water partition coefficient (Wildman–Crippen LogP) is 4.74. The van der Waals surface area contributed by atoms with Crippen molar-refractivity contribution in [1.82, 2.24) is 0 Å². The average molecular weight is 418 g/mol. The Balaban J connectivity index is 1.47. The van der Waals surface area contributed by atoms with E-state index in [1.807, 2.05) is 0 Å². The van der Waals surface area contributed by atoms with E-state index in [4.69, 9.17) is 4.74 Å². The molecule has 0 saturated heterocycles. The molecule has 0 aromatic heterocycles. The Morgan fingerprint density at radius 2 is 1.70 bits per heavy atom. The molecule has 4 fully saturated rings. The topological polar surface area (TPSA) is 66.4 Å². The average Bonchev–Trinajstić information content (AvgIpc) is 3.03. The van der Waals surface area contributed by atoms with Crippen molar-refractivity contribution in [3.63, 3.8) is 0 Å². The van der Waals surface area contributed by atoms with Crippen molar-refractivity contribution in [2.24, 2.45) is 46.3 Å². The molecule has 0 aliphatic heterocycles. The van der Waals surface area contributed by atoms with E-state index >= 15 is 0 Å². The summed E-state index contributed by atoms with van der Waals surface area (Å²) >= 11 is 0. The van der Waals surface area contributed by atoms with Gasteiger partial charge in [-0.25, -0.2) is 0 Å². The van der Waals surface area contributed by atoms with Crippen LogP contribution in [-0.2, 0) is 14.3 Å². The lowest BCUT2D eigenvalue weighted by molar-refractivity contribution is -0.306. The summed E-state index contributed by atoms with van der Waals surface area (Å²) < 4.78 is 5.60. The summed E-state index contributed by atoms with van der Waals surface area (Å²) in [6.45, 7) is 8.90. The zero-order chi connectivity index (χ0) is 21.7. The summed E-state index contributed by atoms with van der Waals surface area (Å²) in [4.78, 5) is 22.4. The van der Waals surface area contributed by atoms with Crippen LogP contribution < -0.4 is 5.11 Å². The van der Waals surface area contributed by atoms with Gasteiger partial charge in [0.1, 0.15) is 6.10 Å². The number of carboxylic acid groups (broad SMARTS) is 1. The van der Waals surface area contributed by atoms with Crippen molar-refractivity contribution in [1.29, 1.82) is 0 Å². The number of hydrogen-bond donors (Lipinski definition) is 0. The smallest absolute Gasteiger partial charge is 0.302 e. The van der Waals surface area contributed by atoms with Gasteiger partial charge in [0.05, 0.1) is 0 Å². The molecular weight excluding hydrogens is 376 g/mol. The third kappa shape index (κ3) is 3.71. The normalized spacial score (nSPS) is 46.3. The maximum absolute atomic E-state index is 11.5. The van der Waals surface area contributed by atoms with Crippen LogP contribution in [0.5, 0.6) is 0 Å². The van der Waals surface area contributed by atoms with Gasteiger partial charge in [-0.3, -0.25) is 4.79 Å². The van der Waals surface area contributed by atoms with E-state index in [0.717, 1.165) is 37.0 Å². The van der Waals surface area contributed by atoms with Gasteiger partial charge in [-0.05, 0) is 117 Å². The first-order valence-corrected chi connectivity index (χ1v) is 12.5. The van der Waals surface area contributed by atoms with Crippen LogP contribution >= 0.6 is 0 Å². The SMILES string of the molecule is CC(=O)O[C@@H]1CC[C@@]2(C)[C@H](CC[C@H]3[C@H]2CC[C@]2(C)[C@@H]([C@H](C)CCC(=O)[O-])CC[C@@H]32)C1. The predicted molar refractivity (Wildman–Crippen MR) is 114 cm³/mol. The maximum atomic E-state index is 11.5. The van der Waals surface area contributed by atoms with Crippen molar-refractivity contribution >= 4 is 11.9 Å². The molecule has 4 heteroatoms. The van der Waals surface area contributed by atoms with Crippen molar-refractivity contribution in [2.75, 3.05) is 0 Å². The summed E-state index contributed by atoms with van der Waals surface area (Å²) in [6.07, 6.45) is 12.2. The quantitative estimate of drug-likeness (QED) is 0.606. The van der Waals surface area contributed by atoms with E-state index in [9.17, 15) is 14.7 Å². The van der Waals surface area contributed by atoms with E-state index in [1.54, 1.807) is 0 Å². The van der Waals surface area contributed by atoms with Crippen LogP contribution in [0, 0.1) is 46.3 Å². The minimum Gasteiger partial charge on any atom is -0.550 e. The fourth-order valence-electron chi connectivity index (χ4n) is 9.08. The molecule has 0 unspecified atom stereocenters. The molecule has 4 aliphatic carbocycles. The molecule has 9 atom stereocenters. The van der Waals surface area contributed by atoms with Crippen molar-refractivity contribution in [3.8, 4) is 0 Å². The number of rotatable bonds is 5. The standard InChI is InChI=1S/C26H42O4/c1-16(5-10-24(28)29)21-8-9-22-20-7-6-18-15-19(30-17(2)27)11-13-25(18,3)23(20)12-14-26(21,22)4/h16,18-23H,5-15H2,1-4H3,(H,28,29)/p-1/t16-,18-,19-,20-,21-,22+,23-,25+,26-/m1/s1. The number of carbonyl (C=O) groups is 2. The molecule has 30 heavy (non-hydrogen) atoms. The Morgan fingerprint density at radius 1 is 1.00 bits per heavy atom. The van der Waals surface area contributed by atoms with E-state index < -0.39 is 5.97 Å². The van der Waals surface area contributed by atoms with Gasteiger partial charge >= 0.3 is 5.97 Å². The highest BCUT2D eigenvalue weighted by Gasteiger charge is 2.60. The molecular formula is C26H41O4-. The second-order valence-electron chi connectivity index (χ2n) is 11.8. The second-order valence-corrected chi connectivity index (χ2v) is 11.8. The number of hydrogen-bond acceptors (Lipinski definition) is 4. The highest BCUT2D eigenvalue weighted by Crippen LogP contribution is 2.68. The monoisotopic (exact) mass is 417 g/mol. The van der Waals surface area contributed by atoms with Crippen LogP contribution in [0.4, 0.5) is 0 Å². The molecule has 4 saturated carbocycles. The number of aliphatic carboxylic acids is 1. The number of carbonyl (C=O) groups excluding carboxylic acids is 2. The van der Waals surface area contributed by atoms with Crippen LogP contribution in [-0.4, -0.2) is 18.0 Å². The number of ether oxygens (including phenoxy) is 1. The number of esters is 1. The Labute approximate surface area is 182 Å². The molecule has 0 spiro atoms. The first-order valence-electron chi connectivity index (χ1n) is 12.5. The molecule has 0 aromatic carbocycles. The molecule has 0 amide bonds. The minimum absolute atomic E-state index is 0.129. The van der Waals surface area contributed by atoms with Gasteiger partial charge in [-0.15, -0.1) is 0 Å². The van der Waals surface area contributed by atoms with Gasteiger partial charge < -0.3 is 14.6 Å². The molecule has 170 valence electrons. The van der Waals surface area contributed by atoms with Crippen LogP contribution in [0.2, 0.25) is 0 Å². The third-order valence-electron chi connectivity index (χ3n) is 10.5. The Kier molecular flexibility index (Phi) is 6.00. The highest BCUT2D eigenvalue weighted by molar-refractivity contribution is 5.66. The Hall–Kier alpha value is -1.06. The highest BCUT2D eigenvalue weighted by atomic mass is 16.5. The first-order chi connectivity index (χ1) is 14.1. The fraction of sp³-hybridized carbons (Fsp3) is 0.923. The van der Waals surface area contributed by atoms with Gasteiger partial charge in [0.2, 0.25) is 0 Å². The molecule has 4 rings (SSSR count). The van der Waals surface area contributed by atoms with Gasteiger partial charge in [0, 0.05) is 12.9 Å². The van der Waals surface area contributed by atoms with Crippen LogP contribution in [0.3, 0.4) is 0 Å². The summed E-state index contributed by atoms with van der Waals surface area (Å²) in [5.74, 6) is 3.24. The lowest BCUT2D eigenvalue weighted by atomic mass is 9.44. The molecule has 4 nitrogen and oxygen atoms in total. The molecule has 0 N–H and O–H groups in total. The molecule has 0 radical (unpaired) electrons. The lowest BCUT2D eigenvalue weighted by Crippen LogP contribution is -2.54. The summed E-state index contributed by atoms with van der Waals surface area (Å²) in [7, 11) is 0. The van der Waals surface area contributed by atoms with Crippen LogP contribution in [0.1, 0.15) is 98.3 Å². The number of carboxylic acids is 1. The van der Waals surface area contributed by atoms with E-state index in [0.29, 0.717) is 28.6 Å². The zero-order valence-electron chi connectivity index (χ0n) is 19.5. The summed E-state index contributed by atoms with van der Waals surface area (Å²) in [6, 6.07) is 0. The van der Waals surface area contributed by atoms with Crippen molar-refractivity contribution in [3.05, 3.63) is 0 Å². The van der Waals surface area contributed by atoms with Crippen molar-refractivity contribution < 1.29 is 19.4 Å². The first kappa shape index (κ1) is 22.1. The molecule has 4 aliphatic rings. The molecule has 0 bridgehead atoms. The Bertz CT molecular complexity index is 674. The van der Waals surface area contributed by atoms with E-state index in [1.165, 1.54) is 51.9 Å². The second kappa shape index (κ2) is 8.13. The van der Waals surface area contributed by atoms with Crippen LogP contribution in [0.25, 0.3) is 0 Å². The van der Waals surface area contributed by atoms with Crippen molar-refractivity contribution in [2.45, 2.75) is 104 Å². The lowest BCUT2D eigenvalue weighted by Gasteiger charge is -2.61. The van der Waals surface area contributed by atoms with Gasteiger partial charge in [-0.2, -0.15) is 0 Å². The Morgan fingerprint density at radius 3 is 2.40 bits per heavy atom. The summed E-state index contributed by atoms with van der Waals surface area (Å²) in [5.41, 5.74) is 0.782. The maximum Gasteiger partial charge on any atom is 0.302 e. The van der Waals surface area contributed by atoms with E-state index in [-0.39, 0.29) is 18.5 Å². The van der Waals surface area contributed by atoms with Gasteiger partial charge in [-0.1, -0.05) is 20.8 Å². The number of fused-ring (bicyclic) bond motifs is 5. The minimum atomic E-state index is -0.902. The van der Waals surface area contributed by atoms with E-state index in [2.05, 4.69) is 20.8 Å².